The second-order valence-corrected chi connectivity index (χ2v) is 8.08. The summed E-state index contributed by atoms with van der Waals surface area (Å²) in [5.74, 6) is 0.305. The van der Waals surface area contributed by atoms with Crippen LogP contribution in [0.3, 0.4) is 0 Å². The summed E-state index contributed by atoms with van der Waals surface area (Å²) in [5.41, 5.74) is 12.5. The van der Waals surface area contributed by atoms with E-state index in [0.717, 1.165) is 16.9 Å². The molecule has 0 saturated carbocycles. The highest BCUT2D eigenvalue weighted by atomic mass is 16.6. The summed E-state index contributed by atoms with van der Waals surface area (Å²) in [4.78, 5) is 12.9. The maximum Gasteiger partial charge on any atom is 0.294 e. The quantitative estimate of drug-likeness (QED) is 0.246. The molecular weight excluding hydrogens is 472 g/mol. The zero-order valence-corrected chi connectivity index (χ0v) is 19.8. The lowest BCUT2D eigenvalue weighted by atomic mass is 10.1. The van der Waals surface area contributed by atoms with Gasteiger partial charge in [0.05, 0.1) is 6.21 Å². The van der Waals surface area contributed by atoms with Crippen LogP contribution in [0.4, 0.5) is 5.82 Å². The molecule has 11 heteroatoms. The average molecular weight is 495 g/mol. The Hall–Kier alpha value is -5.32. The van der Waals surface area contributed by atoms with Crippen molar-refractivity contribution in [3.8, 4) is 22.8 Å². The lowest BCUT2D eigenvalue weighted by molar-refractivity contribution is 0.0950. The summed E-state index contributed by atoms with van der Waals surface area (Å²) < 4.78 is 11.8. The van der Waals surface area contributed by atoms with Crippen molar-refractivity contribution in [1.29, 1.82) is 0 Å². The van der Waals surface area contributed by atoms with E-state index in [9.17, 15) is 4.79 Å². The maximum atomic E-state index is 12.9. The normalized spacial score (nSPS) is 11.1. The number of carbonyl (C=O) groups is 1. The molecule has 3 N–H and O–H groups in total. The minimum absolute atomic E-state index is 0.0124. The average Bonchev–Trinajstić information content (AvgIpc) is 3.55. The molecule has 37 heavy (non-hydrogen) atoms. The summed E-state index contributed by atoms with van der Waals surface area (Å²) >= 11 is 0. The van der Waals surface area contributed by atoms with Crippen molar-refractivity contribution >= 4 is 17.9 Å². The summed E-state index contributed by atoms with van der Waals surface area (Å²) in [5, 5.41) is 19.5. The molecule has 184 valence electrons. The number of rotatable bonds is 8. The highest BCUT2D eigenvalue weighted by Gasteiger charge is 2.24. The zero-order chi connectivity index (χ0) is 25.6. The Labute approximate surface area is 211 Å². The molecule has 11 nitrogen and oxygen atoms in total. The molecule has 0 aliphatic carbocycles. The predicted octanol–water partition coefficient (Wildman–Crippen LogP) is 3.55. The van der Waals surface area contributed by atoms with Crippen molar-refractivity contribution in [3.63, 3.8) is 0 Å². The van der Waals surface area contributed by atoms with Gasteiger partial charge in [0.2, 0.25) is 11.6 Å². The second kappa shape index (κ2) is 10.5. The standard InChI is InChI=1S/C26H22N8O3/c1-17-7-9-19(10-8-17)16-36-21-13-11-18(12-14-21)15-28-30-26(35)22-23(20-5-3-2-4-6-20)34(33-29-22)25-24(27)31-37-32-25/h2-15H,16H2,1H3,(H2,27,31)(H,30,35). The van der Waals surface area contributed by atoms with E-state index in [2.05, 4.69) is 47.9 Å². The van der Waals surface area contributed by atoms with Crippen molar-refractivity contribution in [1.82, 2.24) is 30.7 Å². The number of nitrogens with zero attached hydrogens (tertiary/aromatic N) is 6. The zero-order valence-electron chi connectivity index (χ0n) is 19.8. The monoisotopic (exact) mass is 494 g/mol. The van der Waals surface area contributed by atoms with Gasteiger partial charge in [0.15, 0.2) is 5.69 Å². The second-order valence-electron chi connectivity index (χ2n) is 8.08. The van der Waals surface area contributed by atoms with Gasteiger partial charge in [-0.05, 0) is 52.6 Å². The van der Waals surface area contributed by atoms with Gasteiger partial charge in [0, 0.05) is 5.56 Å². The molecule has 0 aliphatic rings. The summed E-state index contributed by atoms with van der Waals surface area (Å²) in [6, 6.07) is 24.7. The van der Waals surface area contributed by atoms with Gasteiger partial charge in [0.1, 0.15) is 18.1 Å². The first-order valence-electron chi connectivity index (χ1n) is 11.3. The smallest absolute Gasteiger partial charge is 0.294 e. The molecule has 0 spiro atoms. The highest BCUT2D eigenvalue weighted by molar-refractivity contribution is 5.98. The van der Waals surface area contributed by atoms with E-state index in [1.807, 2.05) is 61.5 Å². The predicted molar refractivity (Wildman–Crippen MR) is 136 cm³/mol. The number of benzene rings is 3. The number of hydrazone groups is 1. The topological polar surface area (TPSA) is 146 Å². The Morgan fingerprint density at radius 3 is 2.51 bits per heavy atom. The third-order valence-electron chi connectivity index (χ3n) is 5.41. The van der Waals surface area contributed by atoms with Crippen molar-refractivity contribution < 1.29 is 14.2 Å². The molecule has 5 aromatic rings. The van der Waals surface area contributed by atoms with Gasteiger partial charge in [-0.3, -0.25) is 4.79 Å². The van der Waals surface area contributed by atoms with Crippen LogP contribution in [0.15, 0.2) is 88.6 Å². The van der Waals surface area contributed by atoms with Gasteiger partial charge >= 0.3 is 0 Å². The Balaban J connectivity index is 1.27. The van der Waals surface area contributed by atoms with Crippen LogP contribution in [0.5, 0.6) is 5.75 Å². The van der Waals surface area contributed by atoms with Crippen LogP contribution in [-0.4, -0.2) is 37.4 Å². The number of amides is 1. The lowest BCUT2D eigenvalue weighted by Gasteiger charge is -2.07. The largest absolute Gasteiger partial charge is 0.489 e. The molecule has 0 fully saturated rings. The molecule has 2 aromatic heterocycles. The molecule has 1 amide bonds. The number of nitrogens with one attached hydrogen (secondary N) is 1. The van der Waals surface area contributed by atoms with E-state index in [0.29, 0.717) is 17.9 Å². The van der Waals surface area contributed by atoms with Crippen molar-refractivity contribution in [2.24, 2.45) is 5.10 Å². The third kappa shape index (κ3) is 5.35. The third-order valence-corrected chi connectivity index (χ3v) is 5.41. The number of hydrogen-bond acceptors (Lipinski definition) is 9. The number of anilines is 1. The lowest BCUT2D eigenvalue weighted by Crippen LogP contribution is -2.19. The van der Waals surface area contributed by atoms with E-state index >= 15 is 0 Å². The Morgan fingerprint density at radius 2 is 1.81 bits per heavy atom. The number of nitrogens with two attached hydrogens (primary N) is 1. The van der Waals surface area contributed by atoms with E-state index in [-0.39, 0.29) is 17.3 Å². The van der Waals surface area contributed by atoms with Crippen LogP contribution in [0.2, 0.25) is 0 Å². The van der Waals surface area contributed by atoms with Crippen molar-refractivity contribution in [2.45, 2.75) is 13.5 Å². The summed E-state index contributed by atoms with van der Waals surface area (Å²) in [7, 11) is 0. The van der Waals surface area contributed by atoms with E-state index in [4.69, 9.17) is 10.5 Å². The molecule has 0 bridgehead atoms. The fourth-order valence-corrected chi connectivity index (χ4v) is 3.50. The molecule has 0 atom stereocenters. The van der Waals surface area contributed by atoms with Crippen LogP contribution in [0.1, 0.15) is 27.2 Å². The number of aromatic nitrogens is 5. The Bertz CT molecular complexity index is 1520. The molecule has 0 unspecified atom stereocenters. The number of aryl methyl sites for hydroxylation is 1. The van der Waals surface area contributed by atoms with Gasteiger partial charge in [-0.25, -0.2) is 10.1 Å². The van der Waals surface area contributed by atoms with E-state index in [1.165, 1.54) is 16.5 Å². The molecule has 5 rings (SSSR count). The molecule has 0 radical (unpaired) electrons. The maximum absolute atomic E-state index is 12.9. The first-order valence-corrected chi connectivity index (χ1v) is 11.3. The first kappa shape index (κ1) is 23.4. The minimum Gasteiger partial charge on any atom is -0.489 e. The first-order chi connectivity index (χ1) is 18.1. The molecular formula is C26H22N8O3. The van der Waals surface area contributed by atoms with Crippen molar-refractivity contribution in [2.75, 3.05) is 5.73 Å². The van der Waals surface area contributed by atoms with E-state index in [1.54, 1.807) is 12.1 Å². The van der Waals surface area contributed by atoms with Gasteiger partial charge < -0.3 is 10.5 Å². The van der Waals surface area contributed by atoms with Gasteiger partial charge in [-0.2, -0.15) is 9.78 Å². The SMILES string of the molecule is Cc1ccc(COc2ccc(C=NNC(=O)c3nnn(-c4nonc4N)c3-c3ccccc3)cc2)cc1. The van der Waals surface area contributed by atoms with Crippen LogP contribution in [-0.2, 0) is 6.61 Å². The number of hydrogen-bond donors (Lipinski definition) is 2. The molecule has 3 aromatic carbocycles. The number of nitrogen functional groups attached to an aromatic ring is 1. The number of ether oxygens (including phenoxy) is 1. The number of carbonyl (C=O) groups excluding carboxylic acids is 1. The molecule has 0 aliphatic heterocycles. The fourth-order valence-electron chi connectivity index (χ4n) is 3.50. The van der Waals surface area contributed by atoms with Gasteiger partial charge in [0.25, 0.3) is 5.91 Å². The summed E-state index contributed by atoms with van der Waals surface area (Å²) in [6.45, 7) is 2.52. The van der Waals surface area contributed by atoms with Crippen molar-refractivity contribution in [3.05, 3.63) is 101 Å². The highest BCUT2D eigenvalue weighted by Crippen LogP contribution is 2.26. The van der Waals surface area contributed by atoms with Crippen LogP contribution in [0.25, 0.3) is 17.1 Å². The van der Waals surface area contributed by atoms with Crippen LogP contribution < -0.4 is 15.9 Å². The van der Waals surface area contributed by atoms with Crippen LogP contribution in [0, 0.1) is 6.92 Å². The van der Waals surface area contributed by atoms with Gasteiger partial charge in [-0.15, -0.1) is 5.10 Å². The van der Waals surface area contributed by atoms with E-state index < -0.39 is 5.91 Å². The fraction of sp³-hybridized carbons (Fsp3) is 0.0769. The summed E-state index contributed by atoms with van der Waals surface area (Å²) in [6.07, 6.45) is 1.52. The van der Waals surface area contributed by atoms with Crippen LogP contribution >= 0.6 is 0 Å². The van der Waals surface area contributed by atoms with Gasteiger partial charge in [-0.1, -0.05) is 65.4 Å². The molecule has 2 heterocycles. The Morgan fingerprint density at radius 1 is 1.05 bits per heavy atom. The Kier molecular flexibility index (Phi) is 6.66. The molecule has 0 saturated heterocycles. The minimum atomic E-state index is -0.561.